The molecular weight excluding hydrogens is 346 g/mol. The van der Waals surface area contributed by atoms with E-state index in [2.05, 4.69) is 20.6 Å². The molecule has 2 rings (SSSR count). The third-order valence-corrected chi connectivity index (χ3v) is 3.59. The van der Waals surface area contributed by atoms with Crippen LogP contribution < -0.4 is 10.6 Å². The second-order valence-electron chi connectivity index (χ2n) is 5.48. The molecule has 0 saturated carbocycles. The Hall–Kier alpha value is -2.74. The predicted octanol–water partition coefficient (Wildman–Crippen LogP) is 3.49. The standard InChI is InChI=1S/C16H18ClN5O3/c1-10-8-11(2)20-16(19-10)18-7-3-4-15(23)21-12-5-6-13(17)14(9-12)22(24)25/h5-6,8-9H,3-4,7H2,1-2H3,(H,21,23)(H,18,19,20). The van der Waals surface area contributed by atoms with Crippen LogP contribution in [0.5, 0.6) is 0 Å². The molecular formula is C16H18ClN5O3. The first kappa shape index (κ1) is 18.6. The SMILES string of the molecule is Cc1cc(C)nc(NCCCC(=O)Nc2ccc(Cl)c([N+](=O)[O-])c2)n1. The van der Waals surface area contributed by atoms with Gasteiger partial charge in [-0.05, 0) is 38.5 Å². The van der Waals surface area contributed by atoms with Gasteiger partial charge in [0, 0.05) is 36.1 Å². The summed E-state index contributed by atoms with van der Waals surface area (Å²) in [5.74, 6) is 0.297. The van der Waals surface area contributed by atoms with Crippen LogP contribution in [0, 0.1) is 24.0 Å². The summed E-state index contributed by atoms with van der Waals surface area (Å²) in [5.41, 5.74) is 1.84. The fraction of sp³-hybridized carbons (Fsp3) is 0.312. The Labute approximate surface area is 149 Å². The van der Waals surface area contributed by atoms with E-state index in [4.69, 9.17) is 11.6 Å². The Bertz CT molecular complexity index is 777. The number of carbonyl (C=O) groups excluding carboxylic acids is 1. The molecule has 0 fully saturated rings. The summed E-state index contributed by atoms with van der Waals surface area (Å²) in [6.07, 6.45) is 0.825. The van der Waals surface area contributed by atoms with Crippen molar-refractivity contribution in [2.45, 2.75) is 26.7 Å². The molecule has 0 aliphatic heterocycles. The number of benzene rings is 1. The number of hydrogen-bond donors (Lipinski definition) is 2. The third kappa shape index (κ3) is 5.68. The first-order chi connectivity index (χ1) is 11.8. The molecule has 0 spiro atoms. The molecule has 2 aromatic rings. The van der Waals surface area contributed by atoms with E-state index in [1.165, 1.54) is 18.2 Å². The van der Waals surface area contributed by atoms with E-state index in [9.17, 15) is 14.9 Å². The Morgan fingerprint density at radius 1 is 1.24 bits per heavy atom. The Morgan fingerprint density at radius 3 is 2.56 bits per heavy atom. The van der Waals surface area contributed by atoms with E-state index in [0.717, 1.165) is 11.4 Å². The molecule has 0 atom stereocenters. The van der Waals surface area contributed by atoms with Crippen molar-refractivity contribution in [2.75, 3.05) is 17.2 Å². The molecule has 0 radical (unpaired) electrons. The van der Waals surface area contributed by atoms with Gasteiger partial charge in [-0.3, -0.25) is 14.9 Å². The number of nitrogens with one attached hydrogen (secondary N) is 2. The van der Waals surface area contributed by atoms with E-state index < -0.39 is 4.92 Å². The largest absolute Gasteiger partial charge is 0.354 e. The molecule has 132 valence electrons. The van der Waals surface area contributed by atoms with Crippen molar-refractivity contribution in [3.8, 4) is 0 Å². The van der Waals surface area contributed by atoms with Crippen LogP contribution in [-0.4, -0.2) is 27.3 Å². The summed E-state index contributed by atoms with van der Waals surface area (Å²) >= 11 is 5.74. The topological polar surface area (TPSA) is 110 Å². The fourth-order valence-electron chi connectivity index (χ4n) is 2.21. The minimum atomic E-state index is -0.592. The van der Waals surface area contributed by atoms with Crippen molar-refractivity contribution in [1.82, 2.24) is 9.97 Å². The number of aromatic nitrogens is 2. The number of amides is 1. The molecule has 1 amide bonds. The maximum Gasteiger partial charge on any atom is 0.289 e. The maximum atomic E-state index is 11.9. The van der Waals surface area contributed by atoms with Gasteiger partial charge in [0.25, 0.3) is 5.69 Å². The summed E-state index contributed by atoms with van der Waals surface area (Å²) in [6.45, 7) is 4.31. The number of halogens is 1. The molecule has 0 bridgehead atoms. The summed E-state index contributed by atoms with van der Waals surface area (Å²) in [6, 6.07) is 6.02. The third-order valence-electron chi connectivity index (χ3n) is 3.27. The number of hydrogen-bond acceptors (Lipinski definition) is 6. The molecule has 1 heterocycles. The summed E-state index contributed by atoms with van der Waals surface area (Å²) in [7, 11) is 0. The van der Waals surface area contributed by atoms with E-state index in [1.54, 1.807) is 0 Å². The fourth-order valence-corrected chi connectivity index (χ4v) is 2.39. The van der Waals surface area contributed by atoms with Crippen LogP contribution in [0.1, 0.15) is 24.2 Å². The van der Waals surface area contributed by atoms with Crippen molar-refractivity contribution in [1.29, 1.82) is 0 Å². The van der Waals surface area contributed by atoms with Gasteiger partial charge in [-0.15, -0.1) is 0 Å². The zero-order chi connectivity index (χ0) is 18.4. The van der Waals surface area contributed by atoms with Crippen molar-refractivity contribution in [3.63, 3.8) is 0 Å². The minimum Gasteiger partial charge on any atom is -0.354 e. The van der Waals surface area contributed by atoms with Gasteiger partial charge in [-0.25, -0.2) is 9.97 Å². The highest BCUT2D eigenvalue weighted by atomic mass is 35.5. The van der Waals surface area contributed by atoms with E-state index in [-0.39, 0.29) is 23.0 Å². The summed E-state index contributed by atoms with van der Waals surface area (Å²) in [4.78, 5) is 30.7. The highest BCUT2D eigenvalue weighted by Gasteiger charge is 2.13. The van der Waals surface area contributed by atoms with Crippen molar-refractivity contribution >= 4 is 34.8 Å². The van der Waals surface area contributed by atoms with Crippen LogP contribution in [0.15, 0.2) is 24.3 Å². The monoisotopic (exact) mass is 363 g/mol. The molecule has 0 saturated heterocycles. The number of nitro benzene ring substituents is 1. The Kier molecular flexibility index (Phi) is 6.24. The number of rotatable bonds is 7. The van der Waals surface area contributed by atoms with Crippen LogP contribution >= 0.6 is 11.6 Å². The average Bonchev–Trinajstić information content (AvgIpc) is 2.52. The minimum absolute atomic E-state index is 0.0284. The van der Waals surface area contributed by atoms with Gasteiger partial charge >= 0.3 is 0 Å². The zero-order valence-corrected chi connectivity index (χ0v) is 14.6. The van der Waals surface area contributed by atoms with Gasteiger partial charge in [0.1, 0.15) is 5.02 Å². The normalized spacial score (nSPS) is 10.4. The second kappa shape index (κ2) is 8.39. The van der Waals surface area contributed by atoms with Gasteiger partial charge in [0.05, 0.1) is 4.92 Å². The number of anilines is 2. The van der Waals surface area contributed by atoms with E-state index in [1.807, 2.05) is 19.9 Å². The quantitative estimate of drug-likeness (QED) is 0.442. The van der Waals surface area contributed by atoms with Crippen LogP contribution in [0.2, 0.25) is 5.02 Å². The van der Waals surface area contributed by atoms with Gasteiger partial charge in [0.2, 0.25) is 11.9 Å². The molecule has 0 aliphatic carbocycles. The highest BCUT2D eigenvalue weighted by molar-refractivity contribution is 6.32. The van der Waals surface area contributed by atoms with Crippen LogP contribution in [0.3, 0.4) is 0 Å². The molecule has 0 aliphatic rings. The molecule has 1 aromatic carbocycles. The lowest BCUT2D eigenvalue weighted by Crippen LogP contribution is -2.14. The Morgan fingerprint density at radius 2 is 1.92 bits per heavy atom. The molecule has 9 heteroatoms. The lowest BCUT2D eigenvalue weighted by atomic mass is 10.2. The lowest BCUT2D eigenvalue weighted by Gasteiger charge is -2.07. The smallest absolute Gasteiger partial charge is 0.289 e. The van der Waals surface area contributed by atoms with Gasteiger partial charge < -0.3 is 10.6 Å². The number of aryl methyl sites for hydroxylation is 2. The molecule has 25 heavy (non-hydrogen) atoms. The van der Waals surface area contributed by atoms with Gasteiger partial charge in [0.15, 0.2) is 0 Å². The van der Waals surface area contributed by atoms with Crippen molar-refractivity contribution < 1.29 is 9.72 Å². The van der Waals surface area contributed by atoms with Crippen LogP contribution in [0.4, 0.5) is 17.3 Å². The number of nitro groups is 1. The van der Waals surface area contributed by atoms with Crippen LogP contribution in [0.25, 0.3) is 0 Å². The summed E-state index contributed by atoms with van der Waals surface area (Å²) < 4.78 is 0. The lowest BCUT2D eigenvalue weighted by molar-refractivity contribution is -0.384. The molecule has 2 N–H and O–H groups in total. The Balaban J connectivity index is 1.81. The highest BCUT2D eigenvalue weighted by Crippen LogP contribution is 2.27. The van der Waals surface area contributed by atoms with Gasteiger partial charge in [-0.1, -0.05) is 11.6 Å². The van der Waals surface area contributed by atoms with E-state index >= 15 is 0 Å². The average molecular weight is 364 g/mol. The van der Waals surface area contributed by atoms with Crippen molar-refractivity contribution in [2.24, 2.45) is 0 Å². The van der Waals surface area contributed by atoms with Crippen LogP contribution in [-0.2, 0) is 4.79 Å². The number of nitrogens with zero attached hydrogens (tertiary/aromatic N) is 3. The zero-order valence-electron chi connectivity index (χ0n) is 13.9. The summed E-state index contributed by atoms with van der Waals surface area (Å²) in [5, 5.41) is 16.6. The predicted molar refractivity (Wildman–Crippen MR) is 96.0 cm³/mol. The second-order valence-corrected chi connectivity index (χ2v) is 5.88. The van der Waals surface area contributed by atoms with Gasteiger partial charge in [-0.2, -0.15) is 0 Å². The van der Waals surface area contributed by atoms with E-state index in [0.29, 0.717) is 24.6 Å². The molecule has 8 nitrogen and oxygen atoms in total. The molecule has 1 aromatic heterocycles. The number of carbonyl (C=O) groups is 1. The first-order valence-electron chi connectivity index (χ1n) is 7.65. The van der Waals surface area contributed by atoms with Crippen molar-refractivity contribution in [3.05, 3.63) is 50.8 Å². The maximum absolute atomic E-state index is 11.9. The first-order valence-corrected chi connectivity index (χ1v) is 8.03. The molecule has 0 unspecified atom stereocenters.